The molecule has 3 nitrogen and oxygen atoms in total. The van der Waals surface area contributed by atoms with Crippen LogP contribution < -0.4 is 4.74 Å². The Bertz CT molecular complexity index is 752. The van der Waals surface area contributed by atoms with Gasteiger partial charge in [0, 0.05) is 6.20 Å². The van der Waals surface area contributed by atoms with Gasteiger partial charge < -0.3 is 4.74 Å². The molecule has 0 aliphatic heterocycles. The van der Waals surface area contributed by atoms with E-state index in [1.165, 1.54) is 75.3 Å². The van der Waals surface area contributed by atoms with E-state index in [1.54, 1.807) is 6.07 Å². The van der Waals surface area contributed by atoms with Crippen LogP contribution in [0.2, 0.25) is 0 Å². The molecule has 1 unspecified atom stereocenters. The number of aryl methyl sites for hydroxylation is 1. The number of benzene rings is 1. The molecular weight excluding hydrogens is 394 g/mol. The van der Waals surface area contributed by atoms with Crippen molar-refractivity contribution in [2.45, 2.75) is 104 Å². The molecule has 0 N–H and O–H groups in total. The summed E-state index contributed by atoms with van der Waals surface area (Å²) >= 11 is 0. The van der Waals surface area contributed by atoms with Crippen molar-refractivity contribution in [2.24, 2.45) is 5.92 Å². The van der Waals surface area contributed by atoms with E-state index < -0.39 is 5.97 Å². The van der Waals surface area contributed by atoms with E-state index in [0.29, 0.717) is 17.4 Å². The zero-order valence-corrected chi connectivity index (χ0v) is 20.6. The van der Waals surface area contributed by atoms with E-state index in [9.17, 15) is 4.79 Å². The van der Waals surface area contributed by atoms with Crippen LogP contribution in [0.4, 0.5) is 0 Å². The second-order valence-corrected chi connectivity index (χ2v) is 9.23. The highest BCUT2D eigenvalue weighted by atomic mass is 16.5. The summed E-state index contributed by atoms with van der Waals surface area (Å²) < 4.78 is 5.49. The molecule has 0 spiro atoms. The van der Waals surface area contributed by atoms with Gasteiger partial charge in [-0.25, -0.2) is 9.78 Å². The fraction of sp³-hybridized carbons (Fsp3) is 0.586. The van der Waals surface area contributed by atoms with E-state index >= 15 is 0 Å². The third kappa shape index (κ3) is 10.4. The maximum atomic E-state index is 12.4. The minimum absolute atomic E-state index is 0.362. The topological polar surface area (TPSA) is 39.2 Å². The number of carbonyl (C=O) groups excluding carboxylic acids is 1. The predicted octanol–water partition coefficient (Wildman–Crippen LogP) is 8.35. The highest BCUT2D eigenvalue weighted by Gasteiger charge is 2.10. The molecular formula is C29H43NO2. The van der Waals surface area contributed by atoms with E-state index in [4.69, 9.17) is 4.74 Å². The number of unbranched alkanes of at least 4 members (excludes halogenated alkanes) is 9. The molecule has 0 bridgehead atoms. The molecule has 1 heterocycles. The van der Waals surface area contributed by atoms with Gasteiger partial charge in [0.15, 0.2) is 0 Å². The van der Waals surface area contributed by atoms with Crippen LogP contribution in [0.25, 0.3) is 0 Å². The first kappa shape index (κ1) is 26.1. The Hall–Kier alpha value is -2.16. The van der Waals surface area contributed by atoms with Crippen LogP contribution in [-0.4, -0.2) is 11.0 Å². The van der Waals surface area contributed by atoms with Gasteiger partial charge in [-0.05, 0) is 54.5 Å². The number of hydrogen-bond acceptors (Lipinski definition) is 3. The minimum atomic E-state index is -0.398. The first-order chi connectivity index (χ1) is 15.6. The molecule has 2 aromatic rings. The van der Waals surface area contributed by atoms with Crippen LogP contribution in [-0.2, 0) is 12.8 Å². The van der Waals surface area contributed by atoms with Gasteiger partial charge >= 0.3 is 5.97 Å². The summed E-state index contributed by atoms with van der Waals surface area (Å²) in [4.78, 5) is 16.7. The molecule has 0 saturated heterocycles. The van der Waals surface area contributed by atoms with Gasteiger partial charge in [0.2, 0.25) is 0 Å². The maximum absolute atomic E-state index is 12.4. The monoisotopic (exact) mass is 437 g/mol. The van der Waals surface area contributed by atoms with Crippen LogP contribution in [0.15, 0.2) is 42.6 Å². The molecule has 176 valence electrons. The van der Waals surface area contributed by atoms with Crippen molar-refractivity contribution in [2.75, 3.05) is 0 Å². The number of carbonyl (C=O) groups is 1. The van der Waals surface area contributed by atoms with Crippen LogP contribution in [0, 0.1) is 5.92 Å². The van der Waals surface area contributed by atoms with Crippen LogP contribution in [0.5, 0.6) is 5.75 Å². The Balaban J connectivity index is 1.64. The summed E-state index contributed by atoms with van der Waals surface area (Å²) in [5.41, 5.74) is 2.82. The lowest BCUT2D eigenvalue weighted by Gasteiger charge is -2.09. The van der Waals surface area contributed by atoms with E-state index in [-0.39, 0.29) is 0 Å². The third-order valence-corrected chi connectivity index (χ3v) is 6.27. The smallest absolute Gasteiger partial charge is 0.362 e. The average Bonchev–Trinajstić information content (AvgIpc) is 2.81. The molecule has 1 aromatic heterocycles. The Morgan fingerprint density at radius 2 is 1.41 bits per heavy atom. The largest absolute Gasteiger partial charge is 0.422 e. The summed E-state index contributed by atoms with van der Waals surface area (Å²) in [7, 11) is 0. The highest BCUT2D eigenvalue weighted by Crippen LogP contribution is 2.18. The number of aromatic nitrogens is 1. The molecule has 0 fully saturated rings. The van der Waals surface area contributed by atoms with Crippen molar-refractivity contribution in [3.63, 3.8) is 0 Å². The molecule has 0 radical (unpaired) electrons. The second kappa shape index (κ2) is 15.6. The molecule has 2 rings (SSSR count). The van der Waals surface area contributed by atoms with Gasteiger partial charge in [-0.3, -0.25) is 0 Å². The van der Waals surface area contributed by atoms with Crippen LogP contribution >= 0.6 is 0 Å². The molecule has 0 aliphatic carbocycles. The number of esters is 1. The number of nitrogens with zero attached hydrogens (tertiary/aromatic N) is 1. The standard InChI is InChI=1S/C29H43NO2/c1-4-6-7-8-9-10-11-12-13-14-15-26-18-21-28(30-23-26)29(31)32-27-19-16-25(17-20-27)22-24(3)5-2/h16-21,23-24H,4-15,22H2,1-3H3. The first-order valence-corrected chi connectivity index (χ1v) is 12.9. The number of ether oxygens (including phenoxy) is 1. The zero-order chi connectivity index (χ0) is 23.0. The number of pyridine rings is 1. The SMILES string of the molecule is CCCCCCCCCCCCc1ccc(C(=O)Oc2ccc(CC(C)CC)cc2)nc1. The maximum Gasteiger partial charge on any atom is 0.362 e. The van der Waals surface area contributed by atoms with Gasteiger partial charge in [-0.2, -0.15) is 0 Å². The van der Waals surface area contributed by atoms with Gasteiger partial charge in [-0.15, -0.1) is 0 Å². The molecule has 0 aliphatic rings. The van der Waals surface area contributed by atoms with Crippen molar-refractivity contribution in [3.8, 4) is 5.75 Å². The Morgan fingerprint density at radius 3 is 1.97 bits per heavy atom. The minimum Gasteiger partial charge on any atom is -0.422 e. The Labute approximate surface area is 196 Å². The summed E-state index contributed by atoms with van der Waals surface area (Å²) in [6.07, 6.45) is 18.5. The lowest BCUT2D eigenvalue weighted by Crippen LogP contribution is -2.10. The molecule has 1 aromatic carbocycles. The van der Waals surface area contributed by atoms with Gasteiger partial charge in [0.25, 0.3) is 0 Å². The molecule has 32 heavy (non-hydrogen) atoms. The van der Waals surface area contributed by atoms with E-state index in [0.717, 1.165) is 19.3 Å². The number of rotatable bonds is 16. The molecule has 0 saturated carbocycles. The lowest BCUT2D eigenvalue weighted by molar-refractivity contribution is 0.0728. The average molecular weight is 438 g/mol. The second-order valence-electron chi connectivity index (χ2n) is 9.23. The molecule has 0 amide bonds. The fourth-order valence-electron chi connectivity index (χ4n) is 3.91. The number of hydrogen-bond donors (Lipinski definition) is 0. The summed E-state index contributed by atoms with van der Waals surface area (Å²) in [6, 6.07) is 11.6. The normalized spacial score (nSPS) is 12.0. The Kier molecular flexibility index (Phi) is 12.7. The van der Waals surface area contributed by atoms with Crippen molar-refractivity contribution in [1.82, 2.24) is 4.98 Å². The quantitative estimate of drug-likeness (QED) is 0.150. The van der Waals surface area contributed by atoms with Crippen LogP contribution in [0.3, 0.4) is 0 Å². The van der Waals surface area contributed by atoms with Crippen molar-refractivity contribution in [3.05, 3.63) is 59.4 Å². The van der Waals surface area contributed by atoms with Crippen molar-refractivity contribution < 1.29 is 9.53 Å². The lowest BCUT2D eigenvalue weighted by atomic mass is 9.99. The van der Waals surface area contributed by atoms with E-state index in [1.807, 2.05) is 36.5 Å². The van der Waals surface area contributed by atoms with Crippen molar-refractivity contribution >= 4 is 5.97 Å². The molecule has 3 heteroatoms. The van der Waals surface area contributed by atoms with Gasteiger partial charge in [0.1, 0.15) is 11.4 Å². The zero-order valence-electron chi connectivity index (χ0n) is 20.6. The summed E-state index contributed by atoms with van der Waals surface area (Å²) in [5.74, 6) is 0.829. The van der Waals surface area contributed by atoms with Gasteiger partial charge in [-0.1, -0.05) is 103 Å². The van der Waals surface area contributed by atoms with Crippen molar-refractivity contribution in [1.29, 1.82) is 0 Å². The summed E-state index contributed by atoms with van der Waals surface area (Å²) in [5, 5.41) is 0. The third-order valence-electron chi connectivity index (χ3n) is 6.27. The highest BCUT2D eigenvalue weighted by molar-refractivity contribution is 5.88. The van der Waals surface area contributed by atoms with Crippen LogP contribution in [0.1, 0.15) is 113 Å². The summed E-state index contributed by atoms with van der Waals surface area (Å²) in [6.45, 7) is 6.72. The van der Waals surface area contributed by atoms with Gasteiger partial charge in [0.05, 0.1) is 0 Å². The molecule has 1 atom stereocenters. The Morgan fingerprint density at radius 1 is 0.812 bits per heavy atom. The van der Waals surface area contributed by atoms with E-state index in [2.05, 4.69) is 25.8 Å². The first-order valence-electron chi connectivity index (χ1n) is 12.9. The fourth-order valence-corrected chi connectivity index (χ4v) is 3.91. The predicted molar refractivity (Wildman–Crippen MR) is 134 cm³/mol.